The Labute approximate surface area is 172 Å². The van der Waals surface area contributed by atoms with Crippen molar-refractivity contribution in [1.82, 2.24) is 4.90 Å². The van der Waals surface area contributed by atoms with E-state index in [2.05, 4.69) is 10.6 Å². The van der Waals surface area contributed by atoms with Gasteiger partial charge in [-0.3, -0.25) is 24.2 Å². The molecule has 1 aliphatic rings. The van der Waals surface area contributed by atoms with Crippen LogP contribution in [0.25, 0.3) is 0 Å². The van der Waals surface area contributed by atoms with Crippen LogP contribution in [0, 0.1) is 0 Å². The molecule has 0 saturated carbocycles. The number of benzene rings is 2. The van der Waals surface area contributed by atoms with Gasteiger partial charge in [0.25, 0.3) is 5.91 Å². The van der Waals surface area contributed by atoms with Crippen molar-refractivity contribution in [3.8, 4) is 0 Å². The van der Waals surface area contributed by atoms with E-state index in [4.69, 9.17) is 11.6 Å². The summed E-state index contributed by atoms with van der Waals surface area (Å²) in [6, 6.07) is 11.7. The fourth-order valence-electron chi connectivity index (χ4n) is 2.99. The lowest BCUT2D eigenvalue weighted by Gasteiger charge is -2.19. The number of carbonyl (C=O) groups is 4. The van der Waals surface area contributed by atoms with Gasteiger partial charge in [-0.2, -0.15) is 0 Å². The molecule has 2 aromatic carbocycles. The Balaban J connectivity index is 1.66. The number of rotatable bonds is 5. The van der Waals surface area contributed by atoms with Crippen LogP contribution < -0.4 is 15.5 Å². The summed E-state index contributed by atoms with van der Waals surface area (Å²) in [4.78, 5) is 50.9. The van der Waals surface area contributed by atoms with Gasteiger partial charge in [-0.1, -0.05) is 11.6 Å². The van der Waals surface area contributed by atoms with Gasteiger partial charge in [0.15, 0.2) is 0 Å². The fourth-order valence-corrected chi connectivity index (χ4v) is 3.12. The summed E-state index contributed by atoms with van der Waals surface area (Å²) in [6.45, 7) is 2.60. The highest BCUT2D eigenvalue weighted by atomic mass is 35.5. The van der Waals surface area contributed by atoms with E-state index in [0.717, 1.165) is 4.90 Å². The number of amides is 5. The lowest BCUT2D eigenvalue weighted by Crippen LogP contribution is -2.39. The summed E-state index contributed by atoms with van der Waals surface area (Å²) >= 11 is 5.87. The Morgan fingerprint density at radius 1 is 0.966 bits per heavy atom. The molecule has 8 nitrogen and oxygen atoms in total. The van der Waals surface area contributed by atoms with Gasteiger partial charge in [0.1, 0.15) is 12.6 Å². The lowest BCUT2D eigenvalue weighted by molar-refractivity contribution is -0.130. The molecule has 0 radical (unpaired) electrons. The van der Waals surface area contributed by atoms with E-state index in [1.54, 1.807) is 55.5 Å². The average Bonchev–Trinajstić information content (AvgIpc) is 2.87. The third-order valence-corrected chi connectivity index (χ3v) is 4.60. The molecule has 1 atom stereocenters. The maximum Gasteiger partial charge on any atom is 0.332 e. The van der Waals surface area contributed by atoms with Crippen molar-refractivity contribution in [2.75, 3.05) is 22.1 Å². The predicted molar refractivity (Wildman–Crippen MR) is 110 cm³/mol. The van der Waals surface area contributed by atoms with Crippen molar-refractivity contribution in [3.63, 3.8) is 0 Å². The maximum absolute atomic E-state index is 12.7. The van der Waals surface area contributed by atoms with Crippen LogP contribution in [0.4, 0.5) is 21.9 Å². The van der Waals surface area contributed by atoms with Crippen LogP contribution >= 0.6 is 11.6 Å². The zero-order valence-electron chi connectivity index (χ0n) is 15.8. The largest absolute Gasteiger partial charge is 0.332 e. The molecule has 0 bridgehead atoms. The Morgan fingerprint density at radius 2 is 1.52 bits per heavy atom. The van der Waals surface area contributed by atoms with Crippen LogP contribution in [0.15, 0.2) is 48.5 Å². The number of hydrogen-bond donors (Lipinski definition) is 2. The molecule has 5 amide bonds. The minimum atomic E-state index is -0.728. The van der Waals surface area contributed by atoms with Gasteiger partial charge in [0.2, 0.25) is 11.8 Å². The number of imide groups is 1. The molecule has 1 saturated heterocycles. The third kappa shape index (κ3) is 4.55. The number of anilines is 3. The van der Waals surface area contributed by atoms with Crippen LogP contribution in [-0.2, 0) is 14.4 Å². The van der Waals surface area contributed by atoms with Crippen LogP contribution in [-0.4, -0.2) is 41.2 Å². The second-order valence-electron chi connectivity index (χ2n) is 6.54. The molecule has 0 unspecified atom stereocenters. The highest BCUT2D eigenvalue weighted by Crippen LogP contribution is 2.27. The van der Waals surface area contributed by atoms with Crippen molar-refractivity contribution in [2.24, 2.45) is 0 Å². The molecule has 2 N–H and O–H groups in total. The minimum absolute atomic E-state index is 0.202. The molecule has 9 heteroatoms. The molecular weight excluding hydrogens is 396 g/mol. The number of halogens is 1. The fraction of sp³-hybridized carbons (Fsp3) is 0.200. The smallest absolute Gasteiger partial charge is 0.326 e. The van der Waals surface area contributed by atoms with Crippen LogP contribution in [0.2, 0.25) is 5.02 Å². The van der Waals surface area contributed by atoms with Gasteiger partial charge in [-0.25, -0.2) is 4.79 Å². The number of hydrogen-bond acceptors (Lipinski definition) is 4. The first kappa shape index (κ1) is 20.3. The van der Waals surface area contributed by atoms with Gasteiger partial charge >= 0.3 is 6.03 Å². The predicted octanol–water partition coefficient (Wildman–Crippen LogP) is 3.09. The second kappa shape index (κ2) is 8.32. The molecule has 2 aromatic rings. The highest BCUT2D eigenvalue weighted by molar-refractivity contribution is 6.30. The standard InChI is InChI=1S/C20H19ClN4O4/c1-12-19(28)24(20(29)25(12)17-9-3-14(21)4-10-17)11-18(27)23-16-7-5-15(6-8-16)22-13(2)26/h3-10,12H,11H2,1-2H3,(H,22,26)(H,23,27)/t12-/m1/s1. The first-order valence-electron chi connectivity index (χ1n) is 8.84. The van der Waals surface area contributed by atoms with Crippen molar-refractivity contribution in [1.29, 1.82) is 0 Å². The normalized spacial score (nSPS) is 16.2. The second-order valence-corrected chi connectivity index (χ2v) is 6.97. The van der Waals surface area contributed by atoms with Crippen molar-refractivity contribution in [3.05, 3.63) is 53.6 Å². The Morgan fingerprint density at radius 3 is 2.07 bits per heavy atom. The zero-order valence-corrected chi connectivity index (χ0v) is 16.6. The van der Waals surface area contributed by atoms with Gasteiger partial charge in [0.05, 0.1) is 0 Å². The topological polar surface area (TPSA) is 98.8 Å². The molecule has 0 aliphatic carbocycles. The van der Waals surface area contributed by atoms with E-state index in [1.807, 2.05) is 0 Å². The first-order chi connectivity index (χ1) is 13.8. The summed E-state index contributed by atoms with van der Waals surface area (Å²) in [6.07, 6.45) is 0. The zero-order chi connectivity index (χ0) is 21.1. The molecule has 29 heavy (non-hydrogen) atoms. The highest BCUT2D eigenvalue weighted by Gasteiger charge is 2.44. The number of nitrogens with one attached hydrogen (secondary N) is 2. The molecule has 1 heterocycles. The van der Waals surface area contributed by atoms with Gasteiger partial charge < -0.3 is 10.6 Å². The van der Waals surface area contributed by atoms with Crippen LogP contribution in [0.5, 0.6) is 0 Å². The Kier molecular flexibility index (Phi) is 5.84. The molecule has 1 fully saturated rings. The maximum atomic E-state index is 12.7. The summed E-state index contributed by atoms with van der Waals surface area (Å²) in [5.74, 6) is -1.17. The third-order valence-electron chi connectivity index (χ3n) is 4.34. The summed E-state index contributed by atoms with van der Waals surface area (Å²) < 4.78 is 0. The minimum Gasteiger partial charge on any atom is -0.326 e. The van der Waals surface area contributed by atoms with Crippen molar-refractivity contribution in [2.45, 2.75) is 19.9 Å². The van der Waals surface area contributed by atoms with Crippen molar-refractivity contribution >= 4 is 52.4 Å². The molecule has 0 aromatic heterocycles. The van der Waals surface area contributed by atoms with Gasteiger partial charge in [0, 0.05) is 29.0 Å². The molecule has 1 aliphatic heterocycles. The quantitative estimate of drug-likeness (QED) is 0.734. The molecule has 150 valence electrons. The van der Waals surface area contributed by atoms with Crippen LogP contribution in [0.3, 0.4) is 0 Å². The van der Waals surface area contributed by atoms with Crippen LogP contribution in [0.1, 0.15) is 13.8 Å². The van der Waals surface area contributed by atoms with E-state index < -0.39 is 30.4 Å². The monoisotopic (exact) mass is 414 g/mol. The van der Waals surface area contributed by atoms with Gasteiger partial charge in [-0.15, -0.1) is 0 Å². The Hall–Kier alpha value is -3.39. The lowest BCUT2D eigenvalue weighted by atomic mass is 10.2. The summed E-state index contributed by atoms with van der Waals surface area (Å²) in [5, 5.41) is 5.77. The molecule has 3 rings (SSSR count). The van der Waals surface area contributed by atoms with E-state index >= 15 is 0 Å². The van der Waals surface area contributed by atoms with E-state index in [-0.39, 0.29) is 5.91 Å². The summed E-state index contributed by atoms with van der Waals surface area (Å²) in [7, 11) is 0. The SMILES string of the molecule is CC(=O)Nc1ccc(NC(=O)CN2C(=O)[C@@H](C)N(c3ccc(Cl)cc3)C2=O)cc1. The Bertz CT molecular complexity index is 959. The first-order valence-corrected chi connectivity index (χ1v) is 9.21. The summed E-state index contributed by atoms with van der Waals surface area (Å²) in [5.41, 5.74) is 1.59. The van der Waals surface area contributed by atoms with E-state index in [0.29, 0.717) is 22.1 Å². The number of nitrogens with zero attached hydrogens (tertiary/aromatic N) is 2. The van der Waals surface area contributed by atoms with E-state index in [9.17, 15) is 19.2 Å². The number of urea groups is 1. The number of carbonyl (C=O) groups excluding carboxylic acids is 4. The van der Waals surface area contributed by atoms with E-state index in [1.165, 1.54) is 11.8 Å². The molecular formula is C20H19ClN4O4. The van der Waals surface area contributed by atoms with Gasteiger partial charge in [-0.05, 0) is 55.5 Å². The van der Waals surface area contributed by atoms with Crippen molar-refractivity contribution < 1.29 is 19.2 Å². The molecule has 0 spiro atoms. The average molecular weight is 415 g/mol.